The van der Waals surface area contributed by atoms with Gasteiger partial charge in [-0.1, -0.05) is 129 Å². The molecule has 1 heterocycles. The van der Waals surface area contributed by atoms with Crippen molar-refractivity contribution in [1.29, 1.82) is 0 Å². The molecule has 0 unspecified atom stereocenters. The highest BCUT2D eigenvalue weighted by Crippen LogP contribution is 2.51. The SMILES string of the molecule is Cn1c(-c2ccc(C(F)(F)F)cc2)c(-c2ccc(N(c3ccc(-c4ccccc4)cc3)c3ccc4c(c3)C(C)(C)c3ccccc3-4)cc2)c2ccccc21. The van der Waals surface area contributed by atoms with Crippen LogP contribution in [0.2, 0.25) is 0 Å². The molecule has 2 nitrogen and oxygen atoms in total. The van der Waals surface area contributed by atoms with Crippen LogP contribution < -0.4 is 4.90 Å². The minimum absolute atomic E-state index is 0.155. The largest absolute Gasteiger partial charge is 0.416 e. The van der Waals surface area contributed by atoms with Gasteiger partial charge in [0.1, 0.15) is 0 Å². The Labute approximate surface area is 313 Å². The van der Waals surface area contributed by atoms with Gasteiger partial charge in [0.25, 0.3) is 0 Å². The molecule has 0 bridgehead atoms. The molecule has 264 valence electrons. The molecule has 1 aliphatic rings. The molecule has 0 radical (unpaired) electrons. The van der Waals surface area contributed by atoms with E-state index in [1.165, 1.54) is 22.3 Å². The third kappa shape index (κ3) is 5.50. The summed E-state index contributed by atoms with van der Waals surface area (Å²) in [6.07, 6.45) is -4.40. The van der Waals surface area contributed by atoms with Crippen molar-refractivity contribution in [3.05, 3.63) is 187 Å². The van der Waals surface area contributed by atoms with Crippen molar-refractivity contribution < 1.29 is 13.2 Å². The number of hydrogen-bond acceptors (Lipinski definition) is 1. The Balaban J connectivity index is 1.17. The molecule has 0 atom stereocenters. The number of aromatic nitrogens is 1. The van der Waals surface area contributed by atoms with Gasteiger partial charge < -0.3 is 9.47 Å². The monoisotopic (exact) mass is 710 g/mol. The second kappa shape index (κ2) is 12.7. The lowest BCUT2D eigenvalue weighted by Crippen LogP contribution is -2.16. The lowest BCUT2D eigenvalue weighted by atomic mass is 9.82. The van der Waals surface area contributed by atoms with Crippen LogP contribution in [0.25, 0.3) is 55.5 Å². The quantitative estimate of drug-likeness (QED) is 0.167. The zero-order valence-corrected chi connectivity index (χ0v) is 30.2. The minimum atomic E-state index is -4.40. The predicted molar refractivity (Wildman–Crippen MR) is 216 cm³/mol. The Kier molecular flexibility index (Phi) is 7.86. The Morgan fingerprint density at radius 1 is 0.500 bits per heavy atom. The van der Waals surface area contributed by atoms with Crippen LogP contribution in [0.1, 0.15) is 30.5 Å². The average molecular weight is 711 g/mol. The first-order chi connectivity index (χ1) is 26.1. The fraction of sp³-hybridized carbons (Fsp3) is 0.102. The molecule has 0 aliphatic heterocycles. The number of rotatable bonds is 6. The number of halogens is 3. The molecule has 0 N–H and O–H groups in total. The molecule has 1 aliphatic carbocycles. The second-order valence-corrected chi connectivity index (χ2v) is 14.6. The Bertz CT molecular complexity index is 2650. The van der Waals surface area contributed by atoms with Gasteiger partial charge in [-0.25, -0.2) is 0 Å². The first kappa shape index (κ1) is 33.5. The summed E-state index contributed by atoms with van der Waals surface area (Å²) < 4.78 is 42.6. The van der Waals surface area contributed by atoms with Crippen LogP contribution in [0.5, 0.6) is 0 Å². The average Bonchev–Trinajstić information content (AvgIpc) is 3.62. The molecule has 0 saturated carbocycles. The van der Waals surface area contributed by atoms with Crippen molar-refractivity contribution in [2.75, 3.05) is 4.90 Å². The van der Waals surface area contributed by atoms with E-state index >= 15 is 0 Å². The van der Waals surface area contributed by atoms with E-state index in [9.17, 15) is 13.2 Å². The fourth-order valence-electron chi connectivity index (χ4n) is 8.33. The van der Waals surface area contributed by atoms with Crippen molar-refractivity contribution in [2.45, 2.75) is 25.4 Å². The highest BCUT2D eigenvalue weighted by molar-refractivity contribution is 6.04. The molecule has 54 heavy (non-hydrogen) atoms. The predicted octanol–water partition coefficient (Wildman–Crippen LogP) is 14.0. The number of para-hydroxylation sites is 1. The molecule has 0 spiro atoms. The molecule has 1 aromatic heterocycles. The third-order valence-electron chi connectivity index (χ3n) is 11.1. The first-order valence-corrected chi connectivity index (χ1v) is 18.1. The van der Waals surface area contributed by atoms with Crippen molar-refractivity contribution >= 4 is 28.0 Å². The van der Waals surface area contributed by atoms with Crippen LogP contribution in [0.4, 0.5) is 30.2 Å². The van der Waals surface area contributed by atoms with E-state index in [4.69, 9.17) is 0 Å². The van der Waals surface area contributed by atoms with Crippen molar-refractivity contribution in [2.24, 2.45) is 7.05 Å². The zero-order chi connectivity index (χ0) is 37.2. The van der Waals surface area contributed by atoms with Gasteiger partial charge >= 0.3 is 6.18 Å². The van der Waals surface area contributed by atoms with Crippen molar-refractivity contribution in [3.63, 3.8) is 0 Å². The van der Waals surface area contributed by atoms with Crippen LogP contribution in [-0.2, 0) is 18.6 Å². The Morgan fingerprint density at radius 2 is 1.04 bits per heavy atom. The summed E-state index contributed by atoms with van der Waals surface area (Å²) in [6.45, 7) is 4.60. The summed E-state index contributed by atoms with van der Waals surface area (Å²) in [4.78, 5) is 2.30. The molecule has 7 aromatic carbocycles. The van der Waals surface area contributed by atoms with Gasteiger partial charge in [0.2, 0.25) is 0 Å². The van der Waals surface area contributed by atoms with Crippen LogP contribution >= 0.6 is 0 Å². The van der Waals surface area contributed by atoms with Gasteiger partial charge in [0, 0.05) is 46.0 Å². The molecular formula is C49H37F3N2. The number of alkyl halides is 3. The normalized spacial score (nSPS) is 13.1. The van der Waals surface area contributed by atoms with E-state index in [0.29, 0.717) is 0 Å². The van der Waals surface area contributed by atoms with Gasteiger partial charge in [-0.05, 0) is 99.1 Å². The van der Waals surface area contributed by atoms with Gasteiger partial charge in [-0.15, -0.1) is 0 Å². The van der Waals surface area contributed by atoms with E-state index in [2.05, 4.69) is 151 Å². The number of benzene rings is 7. The number of nitrogens with zero attached hydrogens (tertiary/aromatic N) is 2. The van der Waals surface area contributed by atoms with Crippen LogP contribution in [-0.4, -0.2) is 4.57 Å². The Morgan fingerprint density at radius 3 is 1.72 bits per heavy atom. The standard InChI is InChI=1S/C49H37F3N2/c1-48(2)43-15-9-7-13-40(43)41-30-29-39(31-44(41)48)54(37-25-19-33(20-26-37)32-11-5-4-6-12-32)38-27-21-34(22-28-38)46-42-14-8-10-16-45(42)53(3)47(46)35-17-23-36(24-18-35)49(50,51)52/h4-31H,1-3H3. The summed E-state index contributed by atoms with van der Waals surface area (Å²) in [7, 11) is 1.97. The minimum Gasteiger partial charge on any atom is -0.343 e. The van der Waals surface area contributed by atoms with Gasteiger partial charge in [0.15, 0.2) is 0 Å². The van der Waals surface area contributed by atoms with E-state index in [1.54, 1.807) is 12.1 Å². The summed E-state index contributed by atoms with van der Waals surface area (Å²) >= 11 is 0. The number of aryl methyl sites for hydroxylation is 1. The smallest absolute Gasteiger partial charge is 0.343 e. The maximum Gasteiger partial charge on any atom is 0.416 e. The van der Waals surface area contributed by atoms with E-state index in [-0.39, 0.29) is 5.41 Å². The number of anilines is 3. The van der Waals surface area contributed by atoms with E-state index in [1.807, 2.05) is 25.2 Å². The lowest BCUT2D eigenvalue weighted by Gasteiger charge is -2.28. The topological polar surface area (TPSA) is 8.17 Å². The van der Waals surface area contributed by atoms with Crippen LogP contribution in [0.3, 0.4) is 0 Å². The molecular weight excluding hydrogens is 674 g/mol. The molecule has 9 rings (SSSR count). The molecule has 8 aromatic rings. The first-order valence-electron chi connectivity index (χ1n) is 18.1. The van der Waals surface area contributed by atoms with Crippen molar-refractivity contribution in [1.82, 2.24) is 4.57 Å². The summed E-state index contributed by atoms with van der Waals surface area (Å²) in [5, 5.41) is 1.04. The Hall–Kier alpha value is -6.33. The summed E-state index contributed by atoms with van der Waals surface area (Å²) in [6, 6.07) is 56.7. The maximum atomic E-state index is 13.5. The van der Waals surface area contributed by atoms with Crippen molar-refractivity contribution in [3.8, 4) is 44.6 Å². The van der Waals surface area contributed by atoms with Gasteiger partial charge in [-0.3, -0.25) is 0 Å². The molecule has 0 fully saturated rings. The highest BCUT2D eigenvalue weighted by atomic mass is 19.4. The van der Waals surface area contributed by atoms with Crippen LogP contribution in [0, 0.1) is 0 Å². The lowest BCUT2D eigenvalue weighted by molar-refractivity contribution is -0.137. The number of fused-ring (bicyclic) bond motifs is 4. The second-order valence-electron chi connectivity index (χ2n) is 14.6. The zero-order valence-electron chi connectivity index (χ0n) is 30.2. The summed E-state index contributed by atoms with van der Waals surface area (Å²) in [5.74, 6) is 0. The van der Waals surface area contributed by atoms with E-state index in [0.717, 1.165) is 73.6 Å². The maximum absolute atomic E-state index is 13.5. The van der Waals surface area contributed by atoms with Gasteiger partial charge in [-0.2, -0.15) is 13.2 Å². The summed E-state index contributed by atoms with van der Waals surface area (Å²) in [5.41, 5.74) is 14.3. The van der Waals surface area contributed by atoms with Gasteiger partial charge in [0.05, 0.1) is 11.3 Å². The molecule has 0 saturated heterocycles. The fourth-order valence-corrected chi connectivity index (χ4v) is 8.33. The highest BCUT2D eigenvalue weighted by Gasteiger charge is 2.36. The van der Waals surface area contributed by atoms with E-state index < -0.39 is 11.7 Å². The third-order valence-corrected chi connectivity index (χ3v) is 11.1. The molecule has 5 heteroatoms. The molecule has 0 amide bonds. The van der Waals surface area contributed by atoms with Crippen LogP contribution in [0.15, 0.2) is 170 Å². The number of hydrogen-bond donors (Lipinski definition) is 0.